The van der Waals surface area contributed by atoms with Crippen LogP contribution in [0.2, 0.25) is 5.02 Å². The fraction of sp³-hybridized carbons (Fsp3) is 0.0357. The third-order valence-electron chi connectivity index (χ3n) is 4.90. The molecule has 0 spiro atoms. The summed E-state index contributed by atoms with van der Waals surface area (Å²) < 4.78 is 11.2. The van der Waals surface area contributed by atoms with E-state index >= 15 is 0 Å². The lowest BCUT2D eigenvalue weighted by Crippen LogP contribution is -2.18. The van der Waals surface area contributed by atoms with E-state index in [4.69, 9.17) is 21.1 Å². The van der Waals surface area contributed by atoms with Gasteiger partial charge in [0.1, 0.15) is 18.1 Å². The van der Waals surface area contributed by atoms with E-state index in [0.717, 1.165) is 5.56 Å². The molecule has 0 saturated carbocycles. The molecule has 0 bridgehead atoms. The Kier molecular flexibility index (Phi) is 7.88. The van der Waals surface area contributed by atoms with Gasteiger partial charge in [-0.15, -0.1) is 0 Å². The van der Waals surface area contributed by atoms with E-state index in [1.54, 1.807) is 72.8 Å². The highest BCUT2D eigenvalue weighted by Crippen LogP contribution is 2.20. The Morgan fingerprint density at radius 2 is 1.60 bits per heavy atom. The van der Waals surface area contributed by atoms with Crippen LogP contribution < -0.4 is 14.9 Å². The standard InChI is InChI=1S/C28H21ClN2O4/c29-23-10-6-9-22(17-23)28(33)35-24-15-13-20(14-16-24)18-30-31-27(32)25-11-4-5-12-26(25)34-19-21-7-2-1-3-8-21/h1-18H,19H2,(H,31,32)/b30-18-. The fourth-order valence-corrected chi connectivity index (χ4v) is 3.33. The van der Waals surface area contributed by atoms with Gasteiger partial charge in [-0.1, -0.05) is 60.1 Å². The van der Waals surface area contributed by atoms with E-state index in [0.29, 0.717) is 39.8 Å². The maximum absolute atomic E-state index is 12.6. The molecule has 7 heteroatoms. The van der Waals surface area contributed by atoms with Crippen molar-refractivity contribution in [3.05, 3.63) is 130 Å². The van der Waals surface area contributed by atoms with Gasteiger partial charge in [-0.2, -0.15) is 5.10 Å². The van der Waals surface area contributed by atoms with E-state index in [2.05, 4.69) is 10.5 Å². The van der Waals surface area contributed by atoms with Crippen LogP contribution in [0.1, 0.15) is 31.8 Å². The van der Waals surface area contributed by atoms with Crippen molar-refractivity contribution in [1.82, 2.24) is 5.43 Å². The van der Waals surface area contributed by atoms with Crippen LogP contribution in [0.15, 0.2) is 108 Å². The number of carbonyl (C=O) groups is 2. The summed E-state index contributed by atoms with van der Waals surface area (Å²) in [4.78, 5) is 24.9. The second-order valence-corrected chi connectivity index (χ2v) is 7.87. The molecule has 0 fully saturated rings. The van der Waals surface area contributed by atoms with E-state index in [1.807, 2.05) is 30.3 Å². The zero-order valence-electron chi connectivity index (χ0n) is 18.6. The Labute approximate surface area is 207 Å². The summed E-state index contributed by atoms with van der Waals surface area (Å²) in [7, 11) is 0. The maximum atomic E-state index is 12.6. The molecule has 0 aliphatic carbocycles. The van der Waals surface area contributed by atoms with Crippen molar-refractivity contribution in [2.45, 2.75) is 6.61 Å². The van der Waals surface area contributed by atoms with Gasteiger partial charge in [0, 0.05) is 5.02 Å². The molecule has 0 aliphatic rings. The molecule has 0 heterocycles. The lowest BCUT2D eigenvalue weighted by Gasteiger charge is -2.10. The number of carbonyl (C=O) groups excluding carboxylic acids is 2. The predicted molar refractivity (Wildman–Crippen MR) is 135 cm³/mol. The van der Waals surface area contributed by atoms with Crippen molar-refractivity contribution in [2.24, 2.45) is 5.10 Å². The normalized spacial score (nSPS) is 10.7. The summed E-state index contributed by atoms with van der Waals surface area (Å²) in [5.74, 6) is -0.0538. The van der Waals surface area contributed by atoms with Crippen LogP contribution in [-0.4, -0.2) is 18.1 Å². The average molecular weight is 485 g/mol. The molecule has 0 unspecified atom stereocenters. The first-order valence-corrected chi connectivity index (χ1v) is 11.1. The lowest BCUT2D eigenvalue weighted by atomic mass is 10.2. The smallest absolute Gasteiger partial charge is 0.343 e. The highest BCUT2D eigenvalue weighted by Gasteiger charge is 2.12. The number of para-hydroxylation sites is 1. The van der Waals surface area contributed by atoms with Crippen LogP contribution in [0.4, 0.5) is 0 Å². The van der Waals surface area contributed by atoms with Crippen LogP contribution in [0.3, 0.4) is 0 Å². The quantitative estimate of drug-likeness (QED) is 0.146. The van der Waals surface area contributed by atoms with Crippen molar-refractivity contribution < 1.29 is 19.1 Å². The number of hydrazone groups is 1. The van der Waals surface area contributed by atoms with Gasteiger partial charge in [-0.05, 0) is 65.7 Å². The van der Waals surface area contributed by atoms with Gasteiger partial charge in [-0.25, -0.2) is 10.2 Å². The summed E-state index contributed by atoms with van der Waals surface area (Å²) in [6.45, 7) is 0.350. The van der Waals surface area contributed by atoms with Gasteiger partial charge in [0.05, 0.1) is 17.3 Å². The van der Waals surface area contributed by atoms with Crippen molar-refractivity contribution in [1.29, 1.82) is 0 Å². The highest BCUT2D eigenvalue weighted by atomic mass is 35.5. The van der Waals surface area contributed by atoms with Gasteiger partial charge < -0.3 is 9.47 Å². The number of rotatable bonds is 8. The first-order valence-electron chi connectivity index (χ1n) is 10.8. The topological polar surface area (TPSA) is 77.0 Å². The van der Waals surface area contributed by atoms with Crippen LogP contribution >= 0.6 is 11.6 Å². The van der Waals surface area contributed by atoms with Crippen molar-refractivity contribution in [2.75, 3.05) is 0 Å². The van der Waals surface area contributed by atoms with Crippen LogP contribution in [0.25, 0.3) is 0 Å². The molecule has 4 aromatic rings. The maximum Gasteiger partial charge on any atom is 0.343 e. The molecule has 0 atom stereocenters. The monoisotopic (exact) mass is 484 g/mol. The summed E-state index contributed by atoms with van der Waals surface area (Å²) >= 11 is 5.91. The SMILES string of the molecule is O=C(Oc1ccc(/C=N\NC(=O)c2ccccc2OCc2ccccc2)cc1)c1cccc(Cl)c1. The van der Waals surface area contributed by atoms with Crippen LogP contribution in [-0.2, 0) is 6.61 Å². The zero-order valence-corrected chi connectivity index (χ0v) is 19.3. The first kappa shape index (κ1) is 23.7. The van der Waals surface area contributed by atoms with E-state index < -0.39 is 11.9 Å². The summed E-state index contributed by atoms with van der Waals surface area (Å²) in [6, 6.07) is 29.9. The number of esters is 1. The number of nitrogens with zero attached hydrogens (tertiary/aromatic N) is 1. The summed E-state index contributed by atoms with van der Waals surface area (Å²) in [5.41, 5.74) is 4.96. The minimum atomic E-state index is -0.505. The van der Waals surface area contributed by atoms with Crippen molar-refractivity contribution in [3.63, 3.8) is 0 Å². The van der Waals surface area contributed by atoms with Gasteiger partial charge in [0.25, 0.3) is 5.91 Å². The number of ether oxygens (including phenoxy) is 2. The lowest BCUT2D eigenvalue weighted by molar-refractivity contribution is 0.0734. The minimum absolute atomic E-state index is 0.350. The summed E-state index contributed by atoms with van der Waals surface area (Å²) in [6.07, 6.45) is 1.49. The predicted octanol–water partition coefficient (Wildman–Crippen LogP) is 5.90. The largest absolute Gasteiger partial charge is 0.488 e. The second kappa shape index (κ2) is 11.6. The Bertz CT molecular complexity index is 1340. The van der Waals surface area contributed by atoms with Gasteiger partial charge >= 0.3 is 5.97 Å². The van der Waals surface area contributed by atoms with Crippen LogP contribution in [0.5, 0.6) is 11.5 Å². The zero-order chi connectivity index (χ0) is 24.5. The molecule has 6 nitrogen and oxygen atoms in total. The molecule has 4 rings (SSSR count). The van der Waals surface area contributed by atoms with Gasteiger partial charge in [0.2, 0.25) is 0 Å². The fourth-order valence-electron chi connectivity index (χ4n) is 3.14. The third-order valence-corrected chi connectivity index (χ3v) is 5.13. The Balaban J connectivity index is 1.33. The molecule has 35 heavy (non-hydrogen) atoms. The molecule has 0 aliphatic heterocycles. The van der Waals surface area contributed by atoms with Crippen molar-refractivity contribution >= 4 is 29.7 Å². The number of benzene rings is 4. The Hall–Kier alpha value is -4.42. The van der Waals surface area contributed by atoms with Crippen LogP contribution in [0, 0.1) is 0 Å². The summed E-state index contributed by atoms with van der Waals surface area (Å²) in [5, 5.41) is 4.48. The number of halogens is 1. The van der Waals surface area contributed by atoms with E-state index in [1.165, 1.54) is 6.21 Å². The number of hydrogen-bond acceptors (Lipinski definition) is 5. The minimum Gasteiger partial charge on any atom is -0.488 e. The number of nitrogens with one attached hydrogen (secondary N) is 1. The second-order valence-electron chi connectivity index (χ2n) is 7.44. The molecule has 4 aromatic carbocycles. The Morgan fingerprint density at radius 1 is 0.857 bits per heavy atom. The van der Waals surface area contributed by atoms with Crippen molar-refractivity contribution in [3.8, 4) is 11.5 Å². The van der Waals surface area contributed by atoms with Gasteiger partial charge in [-0.3, -0.25) is 4.79 Å². The number of amides is 1. The van der Waals surface area contributed by atoms with E-state index in [-0.39, 0.29) is 0 Å². The van der Waals surface area contributed by atoms with E-state index in [9.17, 15) is 9.59 Å². The number of hydrogen-bond donors (Lipinski definition) is 1. The molecular formula is C28H21ClN2O4. The first-order chi connectivity index (χ1) is 17.1. The molecular weight excluding hydrogens is 464 g/mol. The molecule has 0 aromatic heterocycles. The average Bonchev–Trinajstić information content (AvgIpc) is 2.89. The molecule has 0 saturated heterocycles. The molecule has 0 radical (unpaired) electrons. The molecule has 1 amide bonds. The third kappa shape index (κ3) is 6.79. The molecule has 1 N–H and O–H groups in total. The molecule has 174 valence electrons. The highest BCUT2D eigenvalue weighted by molar-refractivity contribution is 6.30. The Morgan fingerprint density at radius 3 is 2.37 bits per heavy atom. The van der Waals surface area contributed by atoms with Gasteiger partial charge in [0.15, 0.2) is 0 Å².